The zero-order valence-electron chi connectivity index (χ0n) is 17.6. The molecule has 2 N–H and O–H groups in total. The lowest BCUT2D eigenvalue weighted by Crippen LogP contribution is -2.31. The van der Waals surface area contributed by atoms with Gasteiger partial charge in [0.2, 0.25) is 0 Å². The molecule has 4 heteroatoms. The van der Waals surface area contributed by atoms with Crippen molar-refractivity contribution < 1.29 is 4.42 Å². The summed E-state index contributed by atoms with van der Waals surface area (Å²) in [6, 6.07) is 18.6. The van der Waals surface area contributed by atoms with E-state index >= 15 is 0 Å². The van der Waals surface area contributed by atoms with Crippen LogP contribution in [0, 0.1) is 5.41 Å². The van der Waals surface area contributed by atoms with Crippen LogP contribution in [-0.4, -0.2) is 11.8 Å². The Hall–Kier alpha value is -2.98. The summed E-state index contributed by atoms with van der Waals surface area (Å²) in [5, 5.41) is 13.3. The monoisotopic (exact) mass is 412 g/mol. The summed E-state index contributed by atoms with van der Waals surface area (Å²) in [6.07, 6.45) is 4.34. The number of allylic oxidation sites excluding steroid dienone is 1. The fourth-order valence-electron chi connectivity index (χ4n) is 4.51. The molecule has 0 atom stereocenters. The van der Waals surface area contributed by atoms with Crippen molar-refractivity contribution in [1.82, 2.24) is 0 Å². The molecule has 3 aliphatic rings. The van der Waals surface area contributed by atoms with Gasteiger partial charge in [-0.15, -0.1) is 11.8 Å². The van der Waals surface area contributed by atoms with Gasteiger partial charge in [-0.1, -0.05) is 18.2 Å². The molecule has 0 saturated carbocycles. The number of benzene rings is 3. The van der Waals surface area contributed by atoms with E-state index in [2.05, 4.69) is 74.8 Å². The molecule has 0 spiro atoms. The molecule has 5 rings (SSSR count). The van der Waals surface area contributed by atoms with Gasteiger partial charge in [-0.25, -0.2) is 0 Å². The molecule has 2 heterocycles. The highest BCUT2D eigenvalue weighted by atomic mass is 32.2. The second-order valence-corrected chi connectivity index (χ2v) is 9.34. The molecular formula is C26H24N2OS. The molecule has 0 radical (unpaired) electrons. The third-order valence-corrected chi connectivity index (χ3v) is 6.44. The minimum Gasteiger partial charge on any atom is -0.455 e. The number of thioether (sulfide) groups is 1. The average molecular weight is 413 g/mol. The van der Waals surface area contributed by atoms with Crippen molar-refractivity contribution in [1.29, 1.82) is 5.41 Å². The first-order chi connectivity index (χ1) is 14.4. The Morgan fingerprint density at radius 2 is 1.73 bits per heavy atom. The largest absolute Gasteiger partial charge is 0.455 e. The van der Waals surface area contributed by atoms with Gasteiger partial charge >= 0.3 is 0 Å². The summed E-state index contributed by atoms with van der Waals surface area (Å²) in [6.45, 7) is 6.49. The lowest BCUT2D eigenvalue weighted by Gasteiger charge is -2.32. The second-order valence-electron chi connectivity index (χ2n) is 8.46. The van der Waals surface area contributed by atoms with Gasteiger partial charge in [0.05, 0.1) is 10.9 Å². The first-order valence-corrected chi connectivity index (χ1v) is 11.3. The number of hydrogen-bond acceptors (Lipinski definition) is 4. The molecular weight excluding hydrogens is 388 g/mol. The molecule has 0 amide bonds. The van der Waals surface area contributed by atoms with Gasteiger partial charge in [0.1, 0.15) is 11.3 Å². The van der Waals surface area contributed by atoms with Gasteiger partial charge in [0, 0.05) is 38.7 Å². The Morgan fingerprint density at radius 1 is 0.967 bits per heavy atom. The number of fused-ring (bicyclic) bond motifs is 4. The van der Waals surface area contributed by atoms with Crippen LogP contribution >= 0.6 is 11.8 Å². The van der Waals surface area contributed by atoms with Crippen LogP contribution in [0.4, 0.5) is 5.69 Å². The average Bonchev–Trinajstić information content (AvgIpc) is 2.70. The van der Waals surface area contributed by atoms with Crippen LogP contribution < -0.4 is 10.7 Å². The summed E-state index contributed by atoms with van der Waals surface area (Å²) < 4.78 is 6.47. The molecule has 3 nitrogen and oxygen atoms in total. The molecule has 0 fully saturated rings. The fourth-order valence-corrected chi connectivity index (χ4v) is 4.92. The minimum absolute atomic E-state index is 0.105. The van der Waals surface area contributed by atoms with E-state index in [9.17, 15) is 0 Å². The van der Waals surface area contributed by atoms with Crippen LogP contribution in [0.15, 0.2) is 70.0 Å². The normalized spacial score (nSPS) is 15.0. The maximum Gasteiger partial charge on any atom is 0.144 e. The van der Waals surface area contributed by atoms with E-state index in [-0.39, 0.29) is 5.54 Å². The lowest BCUT2D eigenvalue weighted by molar-refractivity contribution is 0.616. The molecule has 30 heavy (non-hydrogen) atoms. The predicted molar refractivity (Wildman–Crippen MR) is 127 cm³/mol. The van der Waals surface area contributed by atoms with Crippen molar-refractivity contribution in [3.05, 3.63) is 71.6 Å². The van der Waals surface area contributed by atoms with Crippen LogP contribution in [0.25, 0.3) is 39.0 Å². The molecule has 150 valence electrons. The van der Waals surface area contributed by atoms with E-state index in [0.29, 0.717) is 5.36 Å². The van der Waals surface area contributed by atoms with E-state index in [4.69, 9.17) is 9.83 Å². The summed E-state index contributed by atoms with van der Waals surface area (Å²) in [5.74, 6) is 0.741. The highest BCUT2D eigenvalue weighted by Crippen LogP contribution is 2.45. The van der Waals surface area contributed by atoms with Gasteiger partial charge in [-0.2, -0.15) is 0 Å². The Kier molecular flexibility index (Phi) is 4.30. The first kappa shape index (κ1) is 19.0. The van der Waals surface area contributed by atoms with Crippen molar-refractivity contribution in [2.24, 2.45) is 0 Å². The zero-order valence-corrected chi connectivity index (χ0v) is 18.4. The molecule has 0 unspecified atom stereocenters. The molecule has 2 aromatic carbocycles. The Balaban J connectivity index is 1.90. The van der Waals surface area contributed by atoms with Gasteiger partial charge in [-0.05, 0) is 74.6 Å². The van der Waals surface area contributed by atoms with Crippen molar-refractivity contribution in [2.75, 3.05) is 11.6 Å². The Bertz CT molecular complexity index is 1350. The van der Waals surface area contributed by atoms with E-state index < -0.39 is 0 Å². The highest BCUT2D eigenvalue weighted by Gasteiger charge is 2.27. The van der Waals surface area contributed by atoms with Crippen molar-refractivity contribution in [3.63, 3.8) is 0 Å². The first-order valence-electron chi connectivity index (χ1n) is 10.1. The lowest BCUT2D eigenvalue weighted by atomic mass is 9.87. The maximum absolute atomic E-state index is 8.11. The Morgan fingerprint density at radius 3 is 2.47 bits per heavy atom. The van der Waals surface area contributed by atoms with Crippen LogP contribution in [-0.2, 0) is 0 Å². The minimum atomic E-state index is -0.105. The van der Waals surface area contributed by atoms with Gasteiger partial charge in [0.25, 0.3) is 0 Å². The van der Waals surface area contributed by atoms with Gasteiger partial charge < -0.3 is 15.1 Å². The fraction of sp³-hybridized carbons (Fsp3) is 0.192. The summed E-state index contributed by atoms with van der Waals surface area (Å²) in [5.41, 5.74) is 7.49. The molecule has 0 bridgehead atoms. The quantitative estimate of drug-likeness (QED) is 0.275. The summed E-state index contributed by atoms with van der Waals surface area (Å²) in [4.78, 5) is 1.24. The number of rotatable bonds is 2. The standard InChI is InChI=1S/C26H24N2OS/c1-15-14-26(2,3)28-21-12-11-20-24(16-5-8-18(30-4)9-6-16)19-10-7-17(27)13-22(19)29-25(20)23(15)21/h5-14,27-28H,1-4H3. The third-order valence-electron chi connectivity index (χ3n) is 5.70. The molecule has 2 aromatic rings. The van der Waals surface area contributed by atoms with E-state index in [1.54, 1.807) is 11.8 Å². The number of anilines is 1. The number of nitrogens with one attached hydrogen (secondary N) is 2. The highest BCUT2D eigenvalue weighted by molar-refractivity contribution is 7.98. The molecule has 0 aromatic heterocycles. The molecule has 0 saturated heterocycles. The maximum atomic E-state index is 8.11. The van der Waals surface area contributed by atoms with Crippen molar-refractivity contribution in [3.8, 4) is 22.5 Å². The van der Waals surface area contributed by atoms with Crippen LogP contribution in [0.3, 0.4) is 0 Å². The van der Waals surface area contributed by atoms with Crippen LogP contribution in [0.1, 0.15) is 26.3 Å². The van der Waals surface area contributed by atoms with Crippen molar-refractivity contribution in [2.45, 2.75) is 31.2 Å². The smallest absolute Gasteiger partial charge is 0.144 e. The number of hydrogen-bond donors (Lipinski definition) is 2. The summed E-state index contributed by atoms with van der Waals surface area (Å²) >= 11 is 1.74. The van der Waals surface area contributed by atoms with E-state index in [1.807, 2.05) is 18.2 Å². The van der Waals surface area contributed by atoms with E-state index in [1.165, 1.54) is 10.5 Å². The van der Waals surface area contributed by atoms with Gasteiger partial charge in [-0.3, -0.25) is 0 Å². The van der Waals surface area contributed by atoms with Crippen LogP contribution in [0.5, 0.6) is 0 Å². The predicted octanol–water partition coefficient (Wildman–Crippen LogP) is 7.01. The molecule has 2 aliphatic heterocycles. The topological polar surface area (TPSA) is 49.0 Å². The SMILES string of the molecule is CSc1ccc(-c2c3ccc(=N)cc-3oc3c4c(ccc23)NC(C)(C)C=C4C)cc1. The second kappa shape index (κ2) is 6.78. The van der Waals surface area contributed by atoms with E-state index in [0.717, 1.165) is 44.7 Å². The van der Waals surface area contributed by atoms with Gasteiger partial charge in [0.15, 0.2) is 0 Å². The zero-order chi connectivity index (χ0) is 21.0. The Labute approximate surface area is 180 Å². The van der Waals surface area contributed by atoms with Crippen molar-refractivity contribution >= 4 is 34.0 Å². The summed E-state index contributed by atoms with van der Waals surface area (Å²) in [7, 11) is 0. The molecule has 1 aliphatic carbocycles. The third kappa shape index (κ3) is 3.03. The van der Waals surface area contributed by atoms with Crippen LogP contribution in [0.2, 0.25) is 0 Å².